The van der Waals surface area contributed by atoms with Crippen LogP contribution in [0.15, 0.2) is 72.9 Å². The second kappa shape index (κ2) is 11.1. The number of carbonyl (C=O) groups excluding carboxylic acids is 1. The number of benzene rings is 3. The van der Waals surface area contributed by atoms with Gasteiger partial charge in [-0.25, -0.2) is 4.79 Å². The van der Waals surface area contributed by atoms with Crippen molar-refractivity contribution in [1.29, 1.82) is 0 Å². The number of nitrogens with zero attached hydrogens (tertiary/aromatic N) is 2. The van der Waals surface area contributed by atoms with Crippen LogP contribution in [0.3, 0.4) is 0 Å². The Morgan fingerprint density at radius 1 is 0.946 bits per heavy atom. The highest BCUT2D eigenvalue weighted by Crippen LogP contribution is 2.34. The monoisotopic (exact) mass is 494 g/mol. The van der Waals surface area contributed by atoms with Crippen LogP contribution in [0.2, 0.25) is 0 Å². The number of morpholine rings is 1. The van der Waals surface area contributed by atoms with Gasteiger partial charge in [0, 0.05) is 42.5 Å². The summed E-state index contributed by atoms with van der Waals surface area (Å²) in [6.07, 6.45) is 1.95. The van der Waals surface area contributed by atoms with Crippen molar-refractivity contribution in [2.45, 2.75) is 33.2 Å². The molecule has 6 heteroatoms. The van der Waals surface area contributed by atoms with Gasteiger partial charge in [-0.3, -0.25) is 9.88 Å². The molecule has 0 unspecified atom stereocenters. The minimum atomic E-state index is -0.247. The fraction of sp³-hybridized carbons (Fsp3) is 0.290. The van der Waals surface area contributed by atoms with E-state index >= 15 is 0 Å². The third-order valence-electron chi connectivity index (χ3n) is 6.96. The van der Waals surface area contributed by atoms with Crippen molar-refractivity contribution in [2.75, 3.05) is 36.9 Å². The lowest BCUT2D eigenvalue weighted by molar-refractivity contribution is 0.0336. The zero-order valence-corrected chi connectivity index (χ0v) is 21.8. The fourth-order valence-corrected chi connectivity index (χ4v) is 4.93. The van der Waals surface area contributed by atoms with Gasteiger partial charge in [0.15, 0.2) is 0 Å². The third kappa shape index (κ3) is 5.66. The average molecular weight is 495 g/mol. The molecule has 1 aromatic heterocycles. The number of aryl methyl sites for hydroxylation is 1. The molecule has 1 aliphatic rings. The van der Waals surface area contributed by atoms with Gasteiger partial charge in [0.2, 0.25) is 0 Å². The van der Waals surface area contributed by atoms with Crippen LogP contribution in [-0.4, -0.2) is 42.2 Å². The molecular formula is C31H34N4O2. The van der Waals surface area contributed by atoms with Gasteiger partial charge in [-0.15, -0.1) is 0 Å². The quantitative estimate of drug-likeness (QED) is 0.309. The maximum Gasteiger partial charge on any atom is 0.323 e. The number of para-hydroxylation sites is 1. The summed E-state index contributed by atoms with van der Waals surface area (Å²) in [5.74, 6) is 0.309. The third-order valence-corrected chi connectivity index (χ3v) is 6.96. The van der Waals surface area contributed by atoms with Crippen LogP contribution in [-0.2, 0) is 11.3 Å². The Hall–Kier alpha value is -3.74. The Labute approximate surface area is 218 Å². The van der Waals surface area contributed by atoms with E-state index in [1.165, 1.54) is 0 Å². The average Bonchev–Trinajstić information content (AvgIpc) is 2.91. The molecule has 37 heavy (non-hydrogen) atoms. The molecule has 2 amide bonds. The van der Waals surface area contributed by atoms with Crippen molar-refractivity contribution < 1.29 is 9.53 Å². The van der Waals surface area contributed by atoms with E-state index < -0.39 is 0 Å². The number of hydrogen-bond acceptors (Lipinski definition) is 4. The molecule has 1 fully saturated rings. The fourth-order valence-electron chi connectivity index (χ4n) is 4.93. The first-order valence-corrected chi connectivity index (χ1v) is 12.9. The molecule has 2 heterocycles. The van der Waals surface area contributed by atoms with Crippen molar-refractivity contribution >= 4 is 28.2 Å². The first kappa shape index (κ1) is 24.9. The second-order valence-electron chi connectivity index (χ2n) is 9.91. The number of rotatable bonds is 6. The lowest BCUT2D eigenvalue weighted by atomic mass is 9.97. The van der Waals surface area contributed by atoms with Gasteiger partial charge in [0.25, 0.3) is 0 Å². The summed E-state index contributed by atoms with van der Waals surface area (Å²) in [5.41, 5.74) is 7.02. The van der Waals surface area contributed by atoms with Crippen molar-refractivity contribution in [3.05, 3.63) is 89.7 Å². The van der Waals surface area contributed by atoms with Gasteiger partial charge in [-0.2, -0.15) is 0 Å². The SMILES string of the molecule is Cc1cccc(C(C)C)c1NC(=O)Nc1ccc(-c2ccc(CN3CCOCC3)nc2)c2ccccc12. The summed E-state index contributed by atoms with van der Waals surface area (Å²) in [5, 5.41) is 8.22. The molecule has 5 rings (SSSR count). The van der Waals surface area contributed by atoms with E-state index in [0.717, 1.165) is 82.9 Å². The Bertz CT molecular complexity index is 1390. The van der Waals surface area contributed by atoms with E-state index in [1.807, 2.05) is 49.5 Å². The maximum absolute atomic E-state index is 13.1. The molecule has 190 valence electrons. The summed E-state index contributed by atoms with van der Waals surface area (Å²) >= 11 is 0. The highest BCUT2D eigenvalue weighted by Gasteiger charge is 2.15. The molecule has 6 nitrogen and oxygen atoms in total. The minimum absolute atomic E-state index is 0.247. The molecule has 0 atom stereocenters. The van der Waals surface area contributed by atoms with Crippen molar-refractivity contribution in [3.63, 3.8) is 0 Å². The normalized spacial score (nSPS) is 14.2. The highest BCUT2D eigenvalue weighted by atomic mass is 16.5. The predicted octanol–water partition coefficient (Wildman–Crippen LogP) is 6.81. The predicted molar refractivity (Wildman–Crippen MR) is 151 cm³/mol. The Kier molecular flexibility index (Phi) is 7.49. The number of amides is 2. The summed E-state index contributed by atoms with van der Waals surface area (Å²) in [6, 6.07) is 22.3. The number of nitrogens with one attached hydrogen (secondary N) is 2. The van der Waals surface area contributed by atoms with Crippen LogP contribution in [0.1, 0.15) is 36.6 Å². The Morgan fingerprint density at radius 3 is 2.46 bits per heavy atom. The van der Waals surface area contributed by atoms with Crippen LogP contribution in [0.4, 0.5) is 16.2 Å². The summed E-state index contributed by atoms with van der Waals surface area (Å²) in [6.45, 7) is 10.6. The largest absolute Gasteiger partial charge is 0.379 e. The number of pyridine rings is 1. The van der Waals surface area contributed by atoms with Crippen LogP contribution in [0.25, 0.3) is 21.9 Å². The molecule has 0 spiro atoms. The molecule has 0 saturated carbocycles. The Morgan fingerprint density at radius 2 is 1.73 bits per heavy atom. The lowest BCUT2D eigenvalue weighted by Crippen LogP contribution is -2.35. The van der Waals surface area contributed by atoms with Gasteiger partial charge in [-0.1, -0.05) is 68.4 Å². The van der Waals surface area contributed by atoms with E-state index in [-0.39, 0.29) is 6.03 Å². The topological polar surface area (TPSA) is 66.5 Å². The summed E-state index contributed by atoms with van der Waals surface area (Å²) in [4.78, 5) is 20.2. The number of ether oxygens (including phenoxy) is 1. The van der Waals surface area contributed by atoms with E-state index in [4.69, 9.17) is 9.72 Å². The number of anilines is 2. The molecule has 4 aromatic rings. The molecule has 1 saturated heterocycles. The first-order chi connectivity index (χ1) is 18.0. The zero-order valence-electron chi connectivity index (χ0n) is 21.8. The van der Waals surface area contributed by atoms with Crippen molar-refractivity contribution in [1.82, 2.24) is 9.88 Å². The van der Waals surface area contributed by atoms with Crippen LogP contribution >= 0.6 is 0 Å². The second-order valence-corrected chi connectivity index (χ2v) is 9.91. The number of aromatic nitrogens is 1. The molecule has 0 aliphatic carbocycles. The smallest absolute Gasteiger partial charge is 0.323 e. The van der Waals surface area contributed by atoms with Gasteiger partial charge in [0.05, 0.1) is 24.6 Å². The van der Waals surface area contributed by atoms with Gasteiger partial charge < -0.3 is 15.4 Å². The van der Waals surface area contributed by atoms with Crippen LogP contribution in [0.5, 0.6) is 0 Å². The molecule has 2 N–H and O–H groups in total. The summed E-state index contributed by atoms with van der Waals surface area (Å²) < 4.78 is 5.45. The Balaban J connectivity index is 1.37. The minimum Gasteiger partial charge on any atom is -0.379 e. The van der Waals surface area contributed by atoms with Crippen molar-refractivity contribution in [3.8, 4) is 11.1 Å². The van der Waals surface area contributed by atoms with Gasteiger partial charge >= 0.3 is 6.03 Å². The molecular weight excluding hydrogens is 460 g/mol. The number of carbonyl (C=O) groups is 1. The molecule has 3 aromatic carbocycles. The molecule has 0 radical (unpaired) electrons. The van der Waals surface area contributed by atoms with E-state index in [1.54, 1.807) is 0 Å². The first-order valence-electron chi connectivity index (χ1n) is 12.9. The molecule has 0 bridgehead atoms. The van der Waals surface area contributed by atoms with Gasteiger partial charge in [-0.05, 0) is 47.1 Å². The standard InChI is InChI=1S/C31H34N4O2/c1-21(2)25-10-6-7-22(3)30(25)34-31(36)33-29-14-13-26(27-8-4-5-9-28(27)29)23-11-12-24(32-19-23)20-35-15-17-37-18-16-35/h4-14,19,21H,15-18,20H2,1-3H3,(H2,33,34,36). The highest BCUT2D eigenvalue weighted by molar-refractivity contribution is 6.10. The van der Waals surface area contributed by atoms with E-state index in [9.17, 15) is 4.79 Å². The maximum atomic E-state index is 13.1. The number of urea groups is 1. The van der Waals surface area contributed by atoms with Gasteiger partial charge in [0.1, 0.15) is 0 Å². The number of hydrogen-bond donors (Lipinski definition) is 2. The van der Waals surface area contributed by atoms with E-state index in [2.05, 4.69) is 59.7 Å². The van der Waals surface area contributed by atoms with Crippen LogP contribution < -0.4 is 10.6 Å². The lowest BCUT2D eigenvalue weighted by Gasteiger charge is -2.26. The van der Waals surface area contributed by atoms with Crippen LogP contribution in [0, 0.1) is 6.92 Å². The number of fused-ring (bicyclic) bond motifs is 1. The molecule has 1 aliphatic heterocycles. The van der Waals surface area contributed by atoms with Crippen molar-refractivity contribution in [2.24, 2.45) is 0 Å². The van der Waals surface area contributed by atoms with E-state index in [0.29, 0.717) is 5.92 Å². The zero-order chi connectivity index (χ0) is 25.8. The summed E-state index contributed by atoms with van der Waals surface area (Å²) in [7, 11) is 0.